The molecule has 2 aliphatic rings. The van der Waals surface area contributed by atoms with Gasteiger partial charge >= 0.3 is 0 Å². The summed E-state index contributed by atoms with van der Waals surface area (Å²) in [5.41, 5.74) is 0.819. The molecule has 1 heteroatoms. The fourth-order valence-corrected chi connectivity index (χ4v) is 3.42. The minimum absolute atomic E-state index is 0.351. The topological polar surface area (TPSA) is 3.24 Å². The van der Waals surface area contributed by atoms with E-state index in [9.17, 15) is 0 Å². The van der Waals surface area contributed by atoms with E-state index in [4.69, 9.17) is 0 Å². The quantitative estimate of drug-likeness (QED) is 0.651. The van der Waals surface area contributed by atoms with E-state index in [1.807, 2.05) is 0 Å². The molecule has 3 unspecified atom stereocenters. The lowest BCUT2D eigenvalue weighted by Crippen LogP contribution is -2.52. The molecule has 0 bridgehead atoms. The first-order chi connectivity index (χ1) is 7.17. The number of likely N-dealkylation sites (tertiary alicyclic amines) is 1. The first kappa shape index (κ1) is 12.4. The van der Waals surface area contributed by atoms with Crippen LogP contribution in [-0.4, -0.2) is 23.0 Å². The highest BCUT2D eigenvalue weighted by molar-refractivity contribution is 5.01. The second-order valence-corrected chi connectivity index (χ2v) is 8.23. The highest BCUT2D eigenvalue weighted by Crippen LogP contribution is 2.50. The van der Waals surface area contributed by atoms with Crippen molar-refractivity contribution in [3.8, 4) is 0 Å². The van der Waals surface area contributed by atoms with Crippen LogP contribution in [0.1, 0.15) is 60.8 Å². The minimum atomic E-state index is 0.351. The molecule has 2 rings (SSSR count). The van der Waals surface area contributed by atoms with Gasteiger partial charge < -0.3 is 0 Å². The number of fused-ring (bicyclic) bond motifs is 1. The second kappa shape index (κ2) is 3.73. The zero-order valence-electron chi connectivity index (χ0n) is 12.0. The Labute approximate surface area is 102 Å². The van der Waals surface area contributed by atoms with Crippen molar-refractivity contribution in [2.75, 3.05) is 6.54 Å². The van der Waals surface area contributed by atoms with E-state index in [1.54, 1.807) is 0 Å². The summed E-state index contributed by atoms with van der Waals surface area (Å²) in [6.07, 6.45) is 4.32. The molecule has 2 fully saturated rings. The highest BCUT2D eigenvalue weighted by Gasteiger charge is 2.48. The third-order valence-electron chi connectivity index (χ3n) is 4.23. The Kier molecular flexibility index (Phi) is 2.89. The van der Waals surface area contributed by atoms with Gasteiger partial charge in [0.05, 0.1) is 0 Å². The molecular formula is C15H29N. The molecule has 16 heavy (non-hydrogen) atoms. The summed E-state index contributed by atoms with van der Waals surface area (Å²) in [5, 5.41) is 0. The van der Waals surface area contributed by atoms with Crippen LogP contribution in [0.25, 0.3) is 0 Å². The van der Waals surface area contributed by atoms with Crippen LogP contribution in [0, 0.1) is 17.3 Å². The average Bonchev–Trinajstić information content (AvgIpc) is 2.75. The molecule has 1 aliphatic heterocycles. The predicted octanol–water partition coefficient (Wildman–Crippen LogP) is 3.93. The number of piperidine rings is 1. The number of rotatable bonds is 1. The molecule has 1 heterocycles. The molecule has 94 valence electrons. The summed E-state index contributed by atoms with van der Waals surface area (Å²) in [4.78, 5) is 2.78. The van der Waals surface area contributed by atoms with Gasteiger partial charge in [-0.15, -0.1) is 0 Å². The van der Waals surface area contributed by atoms with Gasteiger partial charge in [0.1, 0.15) is 0 Å². The van der Waals surface area contributed by atoms with Gasteiger partial charge in [-0.25, -0.2) is 0 Å². The number of hydrogen-bond donors (Lipinski definition) is 0. The molecule has 1 saturated carbocycles. The summed E-state index contributed by atoms with van der Waals surface area (Å²) in [7, 11) is 0. The van der Waals surface area contributed by atoms with Crippen molar-refractivity contribution in [1.82, 2.24) is 4.90 Å². The van der Waals surface area contributed by atoms with E-state index < -0.39 is 0 Å². The molecule has 0 aromatic heterocycles. The van der Waals surface area contributed by atoms with E-state index >= 15 is 0 Å². The van der Waals surface area contributed by atoms with E-state index in [-0.39, 0.29) is 0 Å². The van der Waals surface area contributed by atoms with E-state index in [0.717, 1.165) is 17.9 Å². The Morgan fingerprint density at radius 1 is 0.938 bits per heavy atom. The van der Waals surface area contributed by atoms with Crippen molar-refractivity contribution in [3.05, 3.63) is 0 Å². The first-order valence-corrected chi connectivity index (χ1v) is 6.93. The maximum Gasteiger partial charge on any atom is 0.0128 e. The van der Waals surface area contributed by atoms with E-state index in [0.29, 0.717) is 11.0 Å². The van der Waals surface area contributed by atoms with Crippen LogP contribution in [0.4, 0.5) is 0 Å². The van der Waals surface area contributed by atoms with Gasteiger partial charge in [0, 0.05) is 18.1 Å². The van der Waals surface area contributed by atoms with E-state index in [2.05, 4.69) is 46.4 Å². The van der Waals surface area contributed by atoms with E-state index in [1.165, 1.54) is 25.8 Å². The predicted molar refractivity (Wildman–Crippen MR) is 70.5 cm³/mol. The van der Waals surface area contributed by atoms with Gasteiger partial charge in [-0.1, -0.05) is 20.8 Å². The molecule has 0 spiro atoms. The largest absolute Gasteiger partial charge is 0.295 e. The zero-order valence-corrected chi connectivity index (χ0v) is 12.0. The Morgan fingerprint density at radius 3 is 2.06 bits per heavy atom. The Bertz CT molecular complexity index is 256. The normalized spacial score (nSPS) is 36.0. The first-order valence-electron chi connectivity index (χ1n) is 6.93. The van der Waals surface area contributed by atoms with Gasteiger partial charge in [-0.3, -0.25) is 4.90 Å². The van der Waals surface area contributed by atoms with Gasteiger partial charge in [0.2, 0.25) is 0 Å². The summed E-state index contributed by atoms with van der Waals surface area (Å²) in [5.74, 6) is 2.11. The lowest BCUT2D eigenvalue weighted by Gasteiger charge is -2.46. The third-order valence-corrected chi connectivity index (χ3v) is 4.23. The molecule has 0 amide bonds. The third kappa shape index (κ3) is 2.80. The summed E-state index contributed by atoms with van der Waals surface area (Å²) in [6, 6.07) is 0.823. The van der Waals surface area contributed by atoms with Crippen LogP contribution in [-0.2, 0) is 0 Å². The van der Waals surface area contributed by atoms with Crippen molar-refractivity contribution < 1.29 is 0 Å². The molecular weight excluding hydrogens is 194 g/mol. The van der Waals surface area contributed by atoms with Crippen LogP contribution in [0.5, 0.6) is 0 Å². The Balaban J connectivity index is 2.07. The van der Waals surface area contributed by atoms with Crippen molar-refractivity contribution in [2.45, 2.75) is 72.4 Å². The van der Waals surface area contributed by atoms with Gasteiger partial charge in [-0.05, 0) is 57.3 Å². The van der Waals surface area contributed by atoms with Crippen LogP contribution in [0.15, 0.2) is 0 Å². The maximum absolute atomic E-state index is 2.78. The van der Waals surface area contributed by atoms with Crippen LogP contribution in [0.2, 0.25) is 0 Å². The van der Waals surface area contributed by atoms with Crippen molar-refractivity contribution >= 4 is 0 Å². The molecule has 0 N–H and O–H groups in total. The monoisotopic (exact) mass is 223 g/mol. The Morgan fingerprint density at radius 2 is 1.56 bits per heavy atom. The average molecular weight is 223 g/mol. The summed E-state index contributed by atoms with van der Waals surface area (Å²) >= 11 is 0. The lowest BCUT2D eigenvalue weighted by atomic mass is 9.82. The maximum atomic E-state index is 2.78. The molecule has 3 atom stereocenters. The Hall–Kier alpha value is -0.0400. The minimum Gasteiger partial charge on any atom is -0.295 e. The molecule has 1 aliphatic carbocycles. The fraction of sp³-hybridized carbons (Fsp3) is 1.00. The van der Waals surface area contributed by atoms with Crippen LogP contribution < -0.4 is 0 Å². The van der Waals surface area contributed by atoms with Crippen molar-refractivity contribution in [3.63, 3.8) is 0 Å². The smallest absolute Gasteiger partial charge is 0.0128 e. The van der Waals surface area contributed by atoms with Crippen LogP contribution >= 0.6 is 0 Å². The molecule has 0 aromatic carbocycles. The number of hydrogen-bond acceptors (Lipinski definition) is 1. The molecule has 1 nitrogen and oxygen atoms in total. The highest BCUT2D eigenvalue weighted by atomic mass is 15.2. The van der Waals surface area contributed by atoms with Gasteiger partial charge in [0.15, 0.2) is 0 Å². The fourth-order valence-electron chi connectivity index (χ4n) is 3.42. The standard InChI is InChI=1S/C15H29N/c1-14(2,3)9-13-8-11-7-12(11)10-16(13)15(4,5)6/h11-13H,7-10H2,1-6H3. The summed E-state index contributed by atoms with van der Waals surface area (Å²) < 4.78 is 0. The lowest BCUT2D eigenvalue weighted by molar-refractivity contribution is 0.0262. The SMILES string of the molecule is CC(C)(C)CC1CC2CC2CN1C(C)(C)C. The molecule has 0 radical (unpaired) electrons. The van der Waals surface area contributed by atoms with Crippen molar-refractivity contribution in [2.24, 2.45) is 17.3 Å². The molecule has 0 aromatic rings. The van der Waals surface area contributed by atoms with Gasteiger partial charge in [-0.2, -0.15) is 0 Å². The zero-order chi connectivity index (χ0) is 12.1. The van der Waals surface area contributed by atoms with Crippen LogP contribution in [0.3, 0.4) is 0 Å². The van der Waals surface area contributed by atoms with Gasteiger partial charge in [0.25, 0.3) is 0 Å². The molecule has 1 saturated heterocycles. The summed E-state index contributed by atoms with van der Waals surface area (Å²) in [6.45, 7) is 15.6. The number of nitrogens with zero attached hydrogens (tertiary/aromatic N) is 1. The van der Waals surface area contributed by atoms with Crippen molar-refractivity contribution in [1.29, 1.82) is 0 Å². The second-order valence-electron chi connectivity index (χ2n) is 8.23.